The molecule has 0 aliphatic rings. The maximum atomic E-state index is 12.0. The van der Waals surface area contributed by atoms with E-state index in [9.17, 15) is 19.7 Å². The van der Waals surface area contributed by atoms with E-state index in [4.69, 9.17) is 20.8 Å². The predicted octanol–water partition coefficient (Wildman–Crippen LogP) is 2.57. The van der Waals surface area contributed by atoms with E-state index in [1.54, 1.807) is 0 Å². The lowest BCUT2D eigenvalue weighted by atomic mass is 10.3. The van der Waals surface area contributed by atoms with Crippen LogP contribution in [-0.2, 0) is 4.79 Å². The molecule has 1 heterocycles. The molecule has 0 spiro atoms. The number of hydrogen-bond donors (Lipinski definition) is 1. The fraction of sp³-hybridized carbons (Fsp3) is 0.143. The van der Waals surface area contributed by atoms with E-state index in [0.29, 0.717) is 0 Å². The summed E-state index contributed by atoms with van der Waals surface area (Å²) < 4.78 is 9.85. The number of nitrogens with zero attached hydrogens (tertiary/aromatic N) is 1. The van der Waals surface area contributed by atoms with Gasteiger partial charge in [-0.3, -0.25) is 14.9 Å². The average molecular weight is 339 g/mol. The summed E-state index contributed by atoms with van der Waals surface area (Å²) in [6.07, 6.45) is 1.31. The number of halogens is 1. The zero-order chi connectivity index (χ0) is 17.0. The van der Waals surface area contributed by atoms with Crippen molar-refractivity contribution in [3.63, 3.8) is 0 Å². The first kappa shape index (κ1) is 16.5. The van der Waals surface area contributed by atoms with Crippen LogP contribution in [0, 0.1) is 10.1 Å². The first-order valence-electron chi connectivity index (χ1n) is 6.38. The number of nitro groups is 1. The Bertz CT molecular complexity index is 744. The fourth-order valence-electron chi connectivity index (χ4n) is 1.65. The minimum absolute atomic E-state index is 0.0297. The first-order chi connectivity index (χ1) is 10.9. The van der Waals surface area contributed by atoms with Crippen LogP contribution in [0.1, 0.15) is 17.5 Å². The summed E-state index contributed by atoms with van der Waals surface area (Å²) in [4.78, 5) is 33.9. The molecule has 120 valence electrons. The van der Waals surface area contributed by atoms with Gasteiger partial charge >= 0.3 is 11.7 Å². The highest BCUT2D eigenvalue weighted by Crippen LogP contribution is 2.30. The fourth-order valence-corrected chi connectivity index (χ4v) is 1.82. The van der Waals surface area contributed by atoms with E-state index in [1.807, 2.05) is 0 Å². The first-order valence-corrected chi connectivity index (χ1v) is 6.76. The van der Waals surface area contributed by atoms with E-state index < -0.39 is 28.5 Å². The number of rotatable bonds is 5. The summed E-state index contributed by atoms with van der Waals surface area (Å²) >= 11 is 5.67. The summed E-state index contributed by atoms with van der Waals surface area (Å²) in [5.74, 6) is -1.70. The number of ether oxygens (including phenoxy) is 1. The summed E-state index contributed by atoms with van der Waals surface area (Å²) in [5, 5.41) is 13.4. The van der Waals surface area contributed by atoms with Crippen LogP contribution in [0.4, 0.5) is 5.69 Å². The van der Waals surface area contributed by atoms with Gasteiger partial charge in [-0.25, -0.2) is 4.79 Å². The van der Waals surface area contributed by atoms with Crippen molar-refractivity contribution in [3.05, 3.63) is 57.5 Å². The number of furan rings is 1. The molecule has 2 aromatic rings. The van der Waals surface area contributed by atoms with Crippen molar-refractivity contribution in [1.29, 1.82) is 0 Å². The van der Waals surface area contributed by atoms with Gasteiger partial charge in [0.2, 0.25) is 5.75 Å². The van der Waals surface area contributed by atoms with Crippen molar-refractivity contribution in [3.8, 4) is 5.75 Å². The second kappa shape index (κ2) is 6.93. The van der Waals surface area contributed by atoms with Crippen molar-refractivity contribution < 1.29 is 23.7 Å². The van der Waals surface area contributed by atoms with Crippen LogP contribution in [0.5, 0.6) is 5.75 Å². The molecule has 0 radical (unpaired) electrons. The van der Waals surface area contributed by atoms with Crippen molar-refractivity contribution in [2.75, 3.05) is 0 Å². The lowest BCUT2D eigenvalue weighted by molar-refractivity contribution is -0.385. The highest BCUT2D eigenvalue weighted by Gasteiger charge is 2.24. The van der Waals surface area contributed by atoms with Gasteiger partial charge in [0.25, 0.3) is 5.91 Å². The Morgan fingerprint density at radius 1 is 1.39 bits per heavy atom. The van der Waals surface area contributed by atoms with Gasteiger partial charge in [-0.2, -0.15) is 0 Å². The number of amides is 1. The van der Waals surface area contributed by atoms with Gasteiger partial charge in [-0.05, 0) is 31.2 Å². The quantitative estimate of drug-likeness (QED) is 0.388. The van der Waals surface area contributed by atoms with Crippen LogP contribution in [0.15, 0.2) is 41.0 Å². The molecule has 8 nitrogen and oxygen atoms in total. The van der Waals surface area contributed by atoms with Crippen molar-refractivity contribution in [2.24, 2.45) is 0 Å². The third-order valence-corrected chi connectivity index (χ3v) is 3.01. The number of esters is 1. The molecule has 0 unspecified atom stereocenters. The second-order valence-corrected chi connectivity index (χ2v) is 4.90. The molecule has 0 saturated carbocycles. The van der Waals surface area contributed by atoms with E-state index >= 15 is 0 Å². The van der Waals surface area contributed by atoms with Crippen LogP contribution in [0.2, 0.25) is 5.02 Å². The van der Waals surface area contributed by atoms with Crippen LogP contribution < -0.4 is 10.1 Å². The maximum absolute atomic E-state index is 12.0. The standard InChI is InChI=1S/C14H11ClN2O6/c1-8(16-13(18)12-3-2-6-22-12)14(19)23-11-5-4-9(15)7-10(11)17(20)21/h2-8H,1H3,(H,16,18)/t8-/m1/s1. The predicted molar refractivity (Wildman–Crippen MR) is 79.4 cm³/mol. The molecule has 0 saturated heterocycles. The normalized spacial score (nSPS) is 11.6. The molecular formula is C14H11ClN2O6. The summed E-state index contributed by atoms with van der Waals surface area (Å²) in [6, 6.07) is 5.54. The average Bonchev–Trinajstić information content (AvgIpc) is 3.03. The third kappa shape index (κ3) is 4.07. The Morgan fingerprint density at radius 2 is 2.13 bits per heavy atom. The highest BCUT2D eigenvalue weighted by molar-refractivity contribution is 6.30. The van der Waals surface area contributed by atoms with Crippen molar-refractivity contribution >= 4 is 29.2 Å². The maximum Gasteiger partial charge on any atom is 0.333 e. The van der Waals surface area contributed by atoms with E-state index in [1.165, 1.54) is 37.5 Å². The van der Waals surface area contributed by atoms with Gasteiger partial charge in [0.05, 0.1) is 11.2 Å². The Balaban J connectivity index is 2.07. The van der Waals surface area contributed by atoms with E-state index in [0.717, 1.165) is 6.07 Å². The molecule has 0 bridgehead atoms. The number of hydrogen-bond acceptors (Lipinski definition) is 6. The summed E-state index contributed by atoms with van der Waals surface area (Å²) in [7, 11) is 0. The molecule has 0 fully saturated rings. The number of benzene rings is 1. The van der Waals surface area contributed by atoms with Gasteiger partial charge in [-0.1, -0.05) is 11.6 Å². The molecule has 1 aromatic heterocycles. The summed E-state index contributed by atoms with van der Waals surface area (Å²) in [6.45, 7) is 1.38. The van der Waals surface area contributed by atoms with E-state index in [2.05, 4.69) is 5.32 Å². The van der Waals surface area contributed by atoms with Gasteiger partial charge in [0, 0.05) is 11.1 Å². The largest absolute Gasteiger partial charge is 0.459 e. The van der Waals surface area contributed by atoms with Crippen LogP contribution in [0.25, 0.3) is 0 Å². The van der Waals surface area contributed by atoms with Crippen molar-refractivity contribution in [2.45, 2.75) is 13.0 Å². The Morgan fingerprint density at radius 3 is 2.74 bits per heavy atom. The Kier molecular flexibility index (Phi) is 4.97. The molecule has 2 rings (SSSR count). The Hall–Kier alpha value is -2.87. The van der Waals surface area contributed by atoms with Gasteiger partial charge < -0.3 is 14.5 Å². The minimum Gasteiger partial charge on any atom is -0.459 e. The second-order valence-electron chi connectivity index (χ2n) is 4.46. The summed E-state index contributed by atoms with van der Waals surface area (Å²) in [5.41, 5.74) is -0.449. The lowest BCUT2D eigenvalue weighted by Crippen LogP contribution is -2.40. The number of nitro benzene ring substituents is 1. The van der Waals surface area contributed by atoms with Crippen LogP contribution >= 0.6 is 11.6 Å². The monoisotopic (exact) mass is 338 g/mol. The molecular weight excluding hydrogens is 328 g/mol. The van der Waals surface area contributed by atoms with Crippen LogP contribution in [0.3, 0.4) is 0 Å². The topological polar surface area (TPSA) is 112 Å². The number of carbonyl (C=O) groups excluding carboxylic acids is 2. The minimum atomic E-state index is -1.04. The SMILES string of the molecule is C[C@@H](NC(=O)c1ccco1)C(=O)Oc1ccc(Cl)cc1[N+](=O)[O-]. The third-order valence-electron chi connectivity index (χ3n) is 2.77. The van der Waals surface area contributed by atoms with Crippen LogP contribution in [-0.4, -0.2) is 22.8 Å². The molecule has 9 heteroatoms. The number of nitrogens with one attached hydrogen (secondary N) is 1. The molecule has 1 amide bonds. The number of carbonyl (C=O) groups is 2. The highest BCUT2D eigenvalue weighted by atomic mass is 35.5. The molecule has 1 aromatic carbocycles. The van der Waals surface area contributed by atoms with Gasteiger partial charge in [0.15, 0.2) is 5.76 Å². The molecule has 1 N–H and O–H groups in total. The smallest absolute Gasteiger partial charge is 0.333 e. The van der Waals surface area contributed by atoms with Gasteiger partial charge in [0.1, 0.15) is 6.04 Å². The van der Waals surface area contributed by atoms with Crippen molar-refractivity contribution in [1.82, 2.24) is 5.32 Å². The molecule has 0 aliphatic heterocycles. The zero-order valence-corrected chi connectivity index (χ0v) is 12.6. The molecule has 23 heavy (non-hydrogen) atoms. The lowest BCUT2D eigenvalue weighted by Gasteiger charge is -2.12. The molecule has 0 aliphatic carbocycles. The van der Waals surface area contributed by atoms with E-state index in [-0.39, 0.29) is 16.5 Å². The molecule has 1 atom stereocenters. The zero-order valence-electron chi connectivity index (χ0n) is 11.8. The Labute approximate surface area is 135 Å². The van der Waals surface area contributed by atoms with Gasteiger partial charge in [-0.15, -0.1) is 0 Å².